The van der Waals surface area contributed by atoms with Crippen LogP contribution in [0.2, 0.25) is 5.02 Å². The van der Waals surface area contributed by atoms with Crippen LogP contribution in [0.1, 0.15) is 18.2 Å². The minimum absolute atomic E-state index is 0.0263. The molecule has 1 aromatic heterocycles. The molecule has 4 nitrogen and oxygen atoms in total. The van der Waals surface area contributed by atoms with Gasteiger partial charge in [-0.3, -0.25) is 4.79 Å². The monoisotopic (exact) mass is 355 g/mol. The molecule has 0 saturated carbocycles. The number of hydrogen-bond acceptors (Lipinski definition) is 3. The van der Waals surface area contributed by atoms with Crippen LogP contribution < -0.4 is 5.32 Å². The summed E-state index contributed by atoms with van der Waals surface area (Å²) < 4.78 is 5.67. The van der Waals surface area contributed by atoms with Crippen molar-refractivity contribution in [2.24, 2.45) is 0 Å². The van der Waals surface area contributed by atoms with E-state index in [1.165, 1.54) is 6.08 Å². The average Bonchev–Trinajstić information content (AvgIpc) is 3.04. The van der Waals surface area contributed by atoms with Gasteiger partial charge in [0.05, 0.1) is 6.54 Å². The van der Waals surface area contributed by atoms with Crippen molar-refractivity contribution < 1.29 is 14.3 Å². The summed E-state index contributed by atoms with van der Waals surface area (Å²) in [6.45, 7) is 1.63. The first-order valence-corrected chi connectivity index (χ1v) is 8.25. The Balaban J connectivity index is 1.65. The van der Waals surface area contributed by atoms with Crippen LogP contribution in [0.25, 0.3) is 17.0 Å². The molecule has 1 atom stereocenters. The second-order valence-electron chi connectivity index (χ2n) is 5.99. The van der Waals surface area contributed by atoms with Gasteiger partial charge in [0.15, 0.2) is 0 Å². The molecule has 1 heterocycles. The number of amides is 1. The third-order valence-corrected chi connectivity index (χ3v) is 4.23. The molecule has 0 fully saturated rings. The fourth-order valence-corrected chi connectivity index (χ4v) is 2.63. The van der Waals surface area contributed by atoms with Gasteiger partial charge < -0.3 is 14.8 Å². The summed E-state index contributed by atoms with van der Waals surface area (Å²) in [4.78, 5) is 12.0. The summed E-state index contributed by atoms with van der Waals surface area (Å²) >= 11 is 6.04. The molecule has 3 aromatic rings. The maximum atomic E-state index is 12.0. The van der Waals surface area contributed by atoms with Gasteiger partial charge in [-0.25, -0.2) is 0 Å². The van der Waals surface area contributed by atoms with Crippen molar-refractivity contribution in [3.05, 3.63) is 77.0 Å². The second kappa shape index (κ2) is 7.13. The highest BCUT2D eigenvalue weighted by atomic mass is 35.5. The van der Waals surface area contributed by atoms with Gasteiger partial charge in [-0.05, 0) is 36.8 Å². The number of para-hydroxylation sites is 1. The number of fused-ring (bicyclic) bond motifs is 1. The van der Waals surface area contributed by atoms with Gasteiger partial charge in [-0.15, -0.1) is 0 Å². The predicted octanol–water partition coefficient (Wildman–Crippen LogP) is 4.12. The van der Waals surface area contributed by atoms with Gasteiger partial charge in [0.1, 0.15) is 16.9 Å². The van der Waals surface area contributed by atoms with Crippen LogP contribution in [-0.4, -0.2) is 17.6 Å². The average molecular weight is 356 g/mol. The number of benzene rings is 2. The fourth-order valence-electron chi connectivity index (χ4n) is 2.43. The van der Waals surface area contributed by atoms with Gasteiger partial charge in [0.25, 0.3) is 0 Å². The van der Waals surface area contributed by atoms with Crippen LogP contribution in [0.3, 0.4) is 0 Å². The Morgan fingerprint density at radius 2 is 1.96 bits per heavy atom. The molecule has 0 saturated heterocycles. The third kappa shape index (κ3) is 4.10. The Kier molecular flexibility index (Phi) is 4.93. The molecular weight excluding hydrogens is 338 g/mol. The molecule has 5 heteroatoms. The molecule has 1 unspecified atom stereocenters. The largest absolute Gasteiger partial charge is 0.458 e. The first-order valence-electron chi connectivity index (χ1n) is 7.87. The fraction of sp³-hybridized carbons (Fsp3) is 0.150. The normalized spacial score (nSPS) is 13.9. The molecule has 0 bridgehead atoms. The lowest BCUT2D eigenvalue weighted by Gasteiger charge is -2.20. The smallest absolute Gasteiger partial charge is 0.244 e. The van der Waals surface area contributed by atoms with E-state index < -0.39 is 5.60 Å². The topological polar surface area (TPSA) is 62.5 Å². The van der Waals surface area contributed by atoms with Crippen molar-refractivity contribution in [1.29, 1.82) is 0 Å². The highest BCUT2D eigenvalue weighted by Crippen LogP contribution is 2.27. The van der Waals surface area contributed by atoms with Crippen LogP contribution >= 0.6 is 11.6 Å². The molecule has 0 aliphatic heterocycles. The van der Waals surface area contributed by atoms with Crippen molar-refractivity contribution in [3.63, 3.8) is 0 Å². The quantitative estimate of drug-likeness (QED) is 0.676. The van der Waals surface area contributed by atoms with Crippen molar-refractivity contribution in [3.8, 4) is 0 Å². The van der Waals surface area contributed by atoms with Crippen molar-refractivity contribution in [2.45, 2.75) is 12.5 Å². The molecule has 2 N–H and O–H groups in total. The lowest BCUT2D eigenvalue weighted by Crippen LogP contribution is -2.37. The van der Waals surface area contributed by atoms with E-state index in [0.717, 1.165) is 10.9 Å². The molecule has 128 valence electrons. The van der Waals surface area contributed by atoms with Crippen LogP contribution in [0.5, 0.6) is 0 Å². The van der Waals surface area contributed by atoms with Gasteiger partial charge in [-0.1, -0.05) is 48.0 Å². The van der Waals surface area contributed by atoms with E-state index >= 15 is 0 Å². The number of rotatable bonds is 5. The lowest BCUT2D eigenvalue weighted by molar-refractivity contribution is -0.117. The van der Waals surface area contributed by atoms with Gasteiger partial charge in [-0.2, -0.15) is 0 Å². The Morgan fingerprint density at radius 3 is 2.72 bits per heavy atom. The molecule has 0 spiro atoms. The van der Waals surface area contributed by atoms with Gasteiger partial charge in [0.2, 0.25) is 5.91 Å². The summed E-state index contributed by atoms with van der Waals surface area (Å²) in [6.07, 6.45) is 3.02. The van der Waals surface area contributed by atoms with E-state index in [4.69, 9.17) is 16.0 Å². The number of carbonyl (C=O) groups excluding carboxylic acids is 1. The molecule has 1 amide bonds. The maximum Gasteiger partial charge on any atom is 0.244 e. The molecular formula is C20H18ClNO3. The van der Waals surface area contributed by atoms with E-state index in [2.05, 4.69) is 5.32 Å². The number of carbonyl (C=O) groups is 1. The molecule has 0 aliphatic rings. The minimum atomic E-state index is -1.31. The molecule has 2 aromatic carbocycles. The predicted molar refractivity (Wildman–Crippen MR) is 99.3 cm³/mol. The second-order valence-corrected chi connectivity index (χ2v) is 6.40. The van der Waals surface area contributed by atoms with Crippen molar-refractivity contribution in [1.82, 2.24) is 5.32 Å². The molecule has 25 heavy (non-hydrogen) atoms. The summed E-state index contributed by atoms with van der Waals surface area (Å²) in [6, 6.07) is 16.5. The van der Waals surface area contributed by atoms with Crippen LogP contribution in [0.15, 0.2) is 65.1 Å². The summed E-state index contributed by atoms with van der Waals surface area (Å²) in [5.74, 6) is 0.0837. The van der Waals surface area contributed by atoms with Gasteiger partial charge in [0, 0.05) is 16.5 Å². The van der Waals surface area contributed by atoms with Gasteiger partial charge >= 0.3 is 0 Å². The van der Waals surface area contributed by atoms with Crippen LogP contribution in [0, 0.1) is 0 Å². The standard InChI is InChI=1S/C20H18ClNO3/c1-20(24,18-12-15-7-3-5-9-17(15)25-18)13-22-19(23)11-10-14-6-2-4-8-16(14)21/h2-12,24H,13H2,1H3,(H,22,23)/b11-10+. The first-order chi connectivity index (χ1) is 12.0. The van der Waals surface area contributed by atoms with E-state index in [0.29, 0.717) is 16.4 Å². The Morgan fingerprint density at radius 1 is 1.24 bits per heavy atom. The Bertz CT molecular complexity index is 894. The van der Waals surface area contributed by atoms with Crippen LogP contribution in [-0.2, 0) is 10.4 Å². The minimum Gasteiger partial charge on any atom is -0.458 e. The number of halogens is 1. The summed E-state index contributed by atoms with van der Waals surface area (Å²) in [5, 5.41) is 14.8. The van der Waals surface area contributed by atoms with E-state index in [1.54, 1.807) is 25.1 Å². The maximum absolute atomic E-state index is 12.0. The highest BCUT2D eigenvalue weighted by Gasteiger charge is 2.27. The number of nitrogens with one attached hydrogen (secondary N) is 1. The zero-order valence-electron chi connectivity index (χ0n) is 13.7. The summed E-state index contributed by atoms with van der Waals surface area (Å²) in [7, 11) is 0. The van der Waals surface area contributed by atoms with Crippen molar-refractivity contribution in [2.75, 3.05) is 6.54 Å². The zero-order valence-corrected chi connectivity index (χ0v) is 14.5. The third-order valence-electron chi connectivity index (χ3n) is 3.88. The van der Waals surface area contributed by atoms with E-state index in [1.807, 2.05) is 42.5 Å². The van der Waals surface area contributed by atoms with Crippen LogP contribution in [0.4, 0.5) is 0 Å². The summed E-state index contributed by atoms with van der Waals surface area (Å²) in [5.41, 5.74) is 0.137. The van der Waals surface area contributed by atoms with E-state index in [-0.39, 0.29) is 12.5 Å². The molecule has 0 aliphatic carbocycles. The first kappa shape index (κ1) is 17.3. The number of furan rings is 1. The zero-order chi connectivity index (χ0) is 17.9. The Hall–Kier alpha value is -2.56. The Labute approximate surface area is 150 Å². The number of hydrogen-bond donors (Lipinski definition) is 2. The lowest BCUT2D eigenvalue weighted by atomic mass is 10.0. The molecule has 0 radical (unpaired) electrons. The highest BCUT2D eigenvalue weighted by molar-refractivity contribution is 6.32. The number of aliphatic hydroxyl groups is 1. The van der Waals surface area contributed by atoms with E-state index in [9.17, 15) is 9.90 Å². The SMILES string of the molecule is CC(O)(CNC(=O)/C=C/c1ccccc1Cl)c1cc2ccccc2o1. The van der Waals surface area contributed by atoms with Crippen molar-refractivity contribution >= 4 is 34.6 Å². The molecule has 3 rings (SSSR count).